The van der Waals surface area contributed by atoms with E-state index < -0.39 is 0 Å². The van der Waals surface area contributed by atoms with E-state index in [1.807, 2.05) is 12.1 Å². The molecule has 0 spiro atoms. The Labute approximate surface area is 128 Å². The molecule has 2 heterocycles. The third-order valence-electron chi connectivity index (χ3n) is 4.09. The Balaban J connectivity index is 1.67. The summed E-state index contributed by atoms with van der Waals surface area (Å²) in [6.07, 6.45) is 4.25. The van der Waals surface area contributed by atoms with Gasteiger partial charge in [-0.15, -0.1) is 11.3 Å². The average molecular weight is 304 g/mol. The minimum atomic E-state index is -0.105. The van der Waals surface area contributed by atoms with E-state index in [1.54, 1.807) is 6.20 Å². The summed E-state index contributed by atoms with van der Waals surface area (Å²) in [7, 11) is 2.12. The normalized spacial score (nSPS) is 16.3. The van der Waals surface area contributed by atoms with Gasteiger partial charge in [0.1, 0.15) is 9.71 Å². The van der Waals surface area contributed by atoms with Gasteiger partial charge in [-0.2, -0.15) is 0 Å². The first-order valence-electron chi connectivity index (χ1n) is 7.21. The number of carbonyl (C=O) groups excluding carboxylic acids is 1. The number of fused-ring (bicyclic) bond motifs is 1. The molecule has 1 fully saturated rings. The number of nitrogens with one attached hydrogen (secondary N) is 1. The fraction of sp³-hybridized carbons (Fsp3) is 0.467. The zero-order chi connectivity index (χ0) is 15.0. The molecule has 1 aliphatic rings. The predicted molar refractivity (Wildman–Crippen MR) is 86.6 cm³/mol. The second-order valence-corrected chi connectivity index (χ2v) is 6.66. The SMILES string of the molecule is CC(CNC(=O)c1sc2ncccc2c1N)N(C)C1CC1. The van der Waals surface area contributed by atoms with Crippen molar-refractivity contribution in [2.75, 3.05) is 19.3 Å². The van der Waals surface area contributed by atoms with E-state index in [9.17, 15) is 4.79 Å². The molecule has 1 unspecified atom stereocenters. The molecule has 1 saturated carbocycles. The quantitative estimate of drug-likeness (QED) is 0.887. The molecule has 1 atom stereocenters. The minimum absolute atomic E-state index is 0.105. The summed E-state index contributed by atoms with van der Waals surface area (Å²) in [6, 6.07) is 4.75. The van der Waals surface area contributed by atoms with Crippen LogP contribution >= 0.6 is 11.3 Å². The molecule has 2 aromatic heterocycles. The van der Waals surface area contributed by atoms with Crippen LogP contribution in [0.15, 0.2) is 18.3 Å². The highest BCUT2D eigenvalue weighted by Crippen LogP contribution is 2.31. The number of hydrogen-bond donors (Lipinski definition) is 2. The molecule has 3 rings (SSSR count). The summed E-state index contributed by atoms with van der Waals surface area (Å²) in [5.74, 6) is -0.105. The highest BCUT2D eigenvalue weighted by molar-refractivity contribution is 7.21. The van der Waals surface area contributed by atoms with Crippen LogP contribution in [-0.4, -0.2) is 41.5 Å². The first kappa shape index (κ1) is 14.3. The van der Waals surface area contributed by atoms with Crippen molar-refractivity contribution in [2.45, 2.75) is 31.8 Å². The lowest BCUT2D eigenvalue weighted by atomic mass is 10.2. The van der Waals surface area contributed by atoms with Crippen molar-refractivity contribution in [1.82, 2.24) is 15.2 Å². The van der Waals surface area contributed by atoms with Gasteiger partial charge in [-0.1, -0.05) is 0 Å². The molecule has 5 nitrogen and oxygen atoms in total. The zero-order valence-electron chi connectivity index (χ0n) is 12.3. The number of amides is 1. The van der Waals surface area contributed by atoms with Crippen LogP contribution in [0.5, 0.6) is 0 Å². The van der Waals surface area contributed by atoms with Crippen LogP contribution in [0.25, 0.3) is 10.2 Å². The van der Waals surface area contributed by atoms with Crippen molar-refractivity contribution in [3.8, 4) is 0 Å². The Hall–Kier alpha value is -1.66. The number of pyridine rings is 1. The first-order valence-corrected chi connectivity index (χ1v) is 8.02. The molecule has 0 aliphatic heterocycles. The lowest BCUT2D eigenvalue weighted by Gasteiger charge is -2.24. The number of thiophene rings is 1. The van der Waals surface area contributed by atoms with Crippen LogP contribution in [0, 0.1) is 0 Å². The van der Waals surface area contributed by atoms with Gasteiger partial charge in [-0.3, -0.25) is 9.69 Å². The van der Waals surface area contributed by atoms with Crippen molar-refractivity contribution in [2.24, 2.45) is 0 Å². The van der Waals surface area contributed by atoms with Crippen molar-refractivity contribution >= 4 is 33.1 Å². The number of nitrogen functional groups attached to an aromatic ring is 1. The van der Waals surface area contributed by atoms with E-state index in [0.717, 1.165) is 10.2 Å². The fourth-order valence-electron chi connectivity index (χ4n) is 2.43. The Kier molecular flexibility index (Phi) is 3.82. The van der Waals surface area contributed by atoms with Crippen LogP contribution in [0.3, 0.4) is 0 Å². The summed E-state index contributed by atoms with van der Waals surface area (Å²) in [4.78, 5) is 20.3. The molecule has 0 saturated heterocycles. The summed E-state index contributed by atoms with van der Waals surface area (Å²) in [6.45, 7) is 2.77. The van der Waals surface area contributed by atoms with Gasteiger partial charge in [0.15, 0.2) is 0 Å². The van der Waals surface area contributed by atoms with Crippen molar-refractivity contribution in [3.05, 3.63) is 23.2 Å². The van der Waals surface area contributed by atoms with Gasteiger partial charge in [0, 0.05) is 30.2 Å². The van der Waals surface area contributed by atoms with E-state index in [-0.39, 0.29) is 5.91 Å². The Morgan fingerprint density at radius 2 is 2.38 bits per heavy atom. The van der Waals surface area contributed by atoms with Gasteiger partial charge >= 0.3 is 0 Å². The molecule has 0 aromatic carbocycles. The summed E-state index contributed by atoms with van der Waals surface area (Å²) >= 11 is 1.35. The van der Waals surface area contributed by atoms with Crippen LogP contribution < -0.4 is 11.1 Å². The molecule has 21 heavy (non-hydrogen) atoms. The first-order chi connectivity index (χ1) is 10.1. The number of carbonyl (C=O) groups is 1. The maximum Gasteiger partial charge on any atom is 0.263 e. The minimum Gasteiger partial charge on any atom is -0.397 e. The Bertz CT molecular complexity index is 665. The van der Waals surface area contributed by atoms with Crippen LogP contribution in [-0.2, 0) is 0 Å². The zero-order valence-corrected chi connectivity index (χ0v) is 13.1. The molecule has 0 radical (unpaired) electrons. The molecular formula is C15H20N4OS. The maximum absolute atomic E-state index is 12.3. The third-order valence-corrected chi connectivity index (χ3v) is 5.22. The monoisotopic (exact) mass is 304 g/mol. The van der Waals surface area contributed by atoms with Gasteiger partial charge in [-0.05, 0) is 38.9 Å². The smallest absolute Gasteiger partial charge is 0.263 e. The number of hydrogen-bond acceptors (Lipinski definition) is 5. The highest BCUT2D eigenvalue weighted by Gasteiger charge is 2.29. The van der Waals surface area contributed by atoms with Gasteiger partial charge in [0.25, 0.3) is 5.91 Å². The lowest BCUT2D eigenvalue weighted by molar-refractivity contribution is 0.0944. The maximum atomic E-state index is 12.3. The highest BCUT2D eigenvalue weighted by atomic mass is 32.1. The van der Waals surface area contributed by atoms with Crippen molar-refractivity contribution in [1.29, 1.82) is 0 Å². The number of aromatic nitrogens is 1. The van der Waals surface area contributed by atoms with Gasteiger partial charge in [-0.25, -0.2) is 4.98 Å². The number of anilines is 1. The van der Waals surface area contributed by atoms with E-state index in [2.05, 4.69) is 29.2 Å². The van der Waals surface area contributed by atoms with Crippen molar-refractivity contribution < 1.29 is 4.79 Å². The molecule has 3 N–H and O–H groups in total. The second-order valence-electron chi connectivity index (χ2n) is 5.66. The van der Waals surface area contributed by atoms with E-state index in [4.69, 9.17) is 5.73 Å². The Morgan fingerprint density at radius 3 is 3.05 bits per heavy atom. The average Bonchev–Trinajstić information content (AvgIpc) is 3.29. The largest absolute Gasteiger partial charge is 0.397 e. The number of nitrogens with two attached hydrogens (primary N) is 1. The van der Waals surface area contributed by atoms with Crippen LogP contribution in [0.4, 0.5) is 5.69 Å². The molecule has 2 aromatic rings. The van der Waals surface area contributed by atoms with Gasteiger partial charge in [0.05, 0.1) is 5.69 Å². The topological polar surface area (TPSA) is 71.2 Å². The standard InChI is InChI=1S/C15H20N4OS/c1-9(19(2)10-5-6-10)8-18-14(20)13-12(16)11-4-3-7-17-15(11)21-13/h3-4,7,9-10H,5-6,8,16H2,1-2H3,(H,18,20). The van der Waals surface area contributed by atoms with Crippen molar-refractivity contribution in [3.63, 3.8) is 0 Å². The molecule has 6 heteroatoms. The predicted octanol–water partition coefficient (Wildman–Crippen LogP) is 2.09. The Morgan fingerprint density at radius 1 is 1.62 bits per heavy atom. The van der Waals surface area contributed by atoms with E-state index in [1.165, 1.54) is 24.2 Å². The lowest BCUT2D eigenvalue weighted by Crippen LogP contribution is -2.41. The summed E-state index contributed by atoms with van der Waals surface area (Å²) in [5.41, 5.74) is 6.59. The molecule has 112 valence electrons. The number of likely N-dealkylation sites (N-methyl/N-ethyl adjacent to an activating group) is 1. The van der Waals surface area contributed by atoms with E-state index >= 15 is 0 Å². The third kappa shape index (κ3) is 2.87. The van der Waals surface area contributed by atoms with Gasteiger partial charge < -0.3 is 11.1 Å². The summed E-state index contributed by atoms with van der Waals surface area (Å²) < 4.78 is 0. The molecule has 1 amide bonds. The number of nitrogens with zero attached hydrogens (tertiary/aromatic N) is 2. The van der Waals surface area contributed by atoms with E-state index in [0.29, 0.717) is 29.2 Å². The van der Waals surface area contributed by atoms with Crippen LogP contribution in [0.2, 0.25) is 0 Å². The van der Waals surface area contributed by atoms with Crippen LogP contribution in [0.1, 0.15) is 29.4 Å². The molecule has 1 aliphatic carbocycles. The molecular weight excluding hydrogens is 284 g/mol. The van der Waals surface area contributed by atoms with Gasteiger partial charge in [0.2, 0.25) is 0 Å². The summed E-state index contributed by atoms with van der Waals surface area (Å²) in [5, 5.41) is 3.84. The second kappa shape index (κ2) is 5.61. The fourth-order valence-corrected chi connectivity index (χ4v) is 3.41. The number of rotatable bonds is 5. The molecule has 0 bridgehead atoms.